The van der Waals surface area contributed by atoms with Crippen LogP contribution in [0.15, 0.2) is 4.42 Å². The van der Waals surface area contributed by atoms with Gasteiger partial charge < -0.3 is 10.2 Å². The number of nitrogens with two attached hydrogens (primary N) is 1. The molecule has 4 aliphatic carbocycles. The number of hydrogen-bond donors (Lipinski definition) is 1. The molecule has 1 aromatic rings. The third-order valence-electron chi connectivity index (χ3n) is 5.56. The summed E-state index contributed by atoms with van der Waals surface area (Å²) in [6.45, 7) is 2.44. The first kappa shape index (κ1) is 11.0. The molecule has 18 heavy (non-hydrogen) atoms. The van der Waals surface area contributed by atoms with Crippen molar-refractivity contribution in [2.75, 3.05) is 0 Å². The van der Waals surface area contributed by atoms with E-state index in [4.69, 9.17) is 10.2 Å². The molecule has 0 unspecified atom stereocenters. The van der Waals surface area contributed by atoms with Crippen LogP contribution in [0.2, 0.25) is 0 Å². The van der Waals surface area contributed by atoms with E-state index >= 15 is 0 Å². The molecule has 0 atom stereocenters. The van der Waals surface area contributed by atoms with Crippen molar-refractivity contribution in [1.29, 1.82) is 0 Å². The van der Waals surface area contributed by atoms with Crippen molar-refractivity contribution in [2.24, 2.45) is 29.4 Å². The lowest BCUT2D eigenvalue weighted by molar-refractivity contribution is -0.00455. The SMILES string of the molecule is Cc1nc(C2C3CC4CC(C3)CC2C4)c(CN)o1. The molecule has 0 saturated heterocycles. The predicted molar refractivity (Wildman–Crippen MR) is 68.9 cm³/mol. The zero-order valence-electron chi connectivity index (χ0n) is 11.1. The van der Waals surface area contributed by atoms with Gasteiger partial charge in [-0.15, -0.1) is 0 Å². The molecule has 1 heterocycles. The van der Waals surface area contributed by atoms with Gasteiger partial charge >= 0.3 is 0 Å². The third kappa shape index (κ3) is 1.49. The van der Waals surface area contributed by atoms with E-state index in [1.165, 1.54) is 37.8 Å². The van der Waals surface area contributed by atoms with Gasteiger partial charge in [-0.1, -0.05) is 0 Å². The molecule has 98 valence electrons. The molecule has 3 nitrogen and oxygen atoms in total. The molecule has 4 aliphatic rings. The van der Waals surface area contributed by atoms with Gasteiger partial charge in [0.15, 0.2) is 5.89 Å². The molecule has 4 saturated carbocycles. The van der Waals surface area contributed by atoms with Crippen LogP contribution in [0.5, 0.6) is 0 Å². The van der Waals surface area contributed by atoms with Crippen LogP contribution in [-0.2, 0) is 6.54 Å². The summed E-state index contributed by atoms with van der Waals surface area (Å²) < 4.78 is 5.68. The van der Waals surface area contributed by atoms with Crippen molar-refractivity contribution in [3.63, 3.8) is 0 Å². The van der Waals surface area contributed by atoms with Crippen LogP contribution >= 0.6 is 0 Å². The fourth-order valence-electron chi connectivity index (χ4n) is 5.26. The first-order chi connectivity index (χ1) is 8.74. The second-order valence-corrected chi connectivity index (χ2v) is 6.70. The lowest BCUT2D eigenvalue weighted by atomic mass is 9.51. The average Bonchev–Trinajstić information content (AvgIpc) is 2.69. The molecule has 0 aromatic carbocycles. The van der Waals surface area contributed by atoms with Crippen LogP contribution in [0.25, 0.3) is 0 Å². The molecule has 3 heteroatoms. The fraction of sp³-hybridized carbons (Fsp3) is 0.800. The molecular weight excluding hydrogens is 224 g/mol. The summed E-state index contributed by atoms with van der Waals surface area (Å²) in [5.41, 5.74) is 7.04. The Kier molecular flexibility index (Phi) is 2.35. The van der Waals surface area contributed by atoms with Gasteiger partial charge in [0.25, 0.3) is 0 Å². The maximum atomic E-state index is 5.82. The van der Waals surface area contributed by atoms with Crippen molar-refractivity contribution in [3.8, 4) is 0 Å². The number of hydrogen-bond acceptors (Lipinski definition) is 3. The standard InChI is InChI=1S/C15H22N2O/c1-8-17-15(13(7-16)18-8)14-11-3-9-2-10(5-11)6-12(14)4-9/h9-12,14H,2-7,16H2,1H3. The minimum Gasteiger partial charge on any atom is -0.444 e. The predicted octanol–water partition coefficient (Wildman–Crippen LogP) is 2.98. The van der Waals surface area contributed by atoms with E-state index in [1.54, 1.807) is 0 Å². The Morgan fingerprint density at radius 1 is 1.11 bits per heavy atom. The molecule has 0 aliphatic heterocycles. The van der Waals surface area contributed by atoms with Crippen LogP contribution < -0.4 is 5.73 Å². The molecule has 4 bridgehead atoms. The molecule has 0 amide bonds. The van der Waals surface area contributed by atoms with Crippen LogP contribution in [0.1, 0.15) is 55.4 Å². The van der Waals surface area contributed by atoms with E-state index in [9.17, 15) is 0 Å². The number of oxazole rings is 1. The number of aromatic nitrogens is 1. The molecule has 0 radical (unpaired) electrons. The summed E-state index contributed by atoms with van der Waals surface area (Å²) in [6.07, 6.45) is 7.20. The molecule has 2 N–H and O–H groups in total. The highest BCUT2D eigenvalue weighted by molar-refractivity contribution is 5.21. The van der Waals surface area contributed by atoms with Crippen molar-refractivity contribution < 1.29 is 4.42 Å². The molecule has 1 aromatic heterocycles. The lowest BCUT2D eigenvalue weighted by Gasteiger charge is -2.54. The van der Waals surface area contributed by atoms with Crippen LogP contribution in [0.3, 0.4) is 0 Å². The van der Waals surface area contributed by atoms with Crippen molar-refractivity contribution in [1.82, 2.24) is 4.98 Å². The Bertz CT molecular complexity index is 437. The second-order valence-electron chi connectivity index (χ2n) is 6.70. The van der Waals surface area contributed by atoms with Gasteiger partial charge in [0.2, 0.25) is 0 Å². The second kappa shape index (κ2) is 3.83. The summed E-state index contributed by atoms with van der Waals surface area (Å²) >= 11 is 0. The molecular formula is C15H22N2O. The molecule has 4 fully saturated rings. The van der Waals surface area contributed by atoms with Crippen molar-refractivity contribution in [2.45, 2.75) is 51.5 Å². The smallest absolute Gasteiger partial charge is 0.191 e. The van der Waals surface area contributed by atoms with Gasteiger partial charge in [-0.05, 0) is 55.8 Å². The van der Waals surface area contributed by atoms with Gasteiger partial charge in [-0.25, -0.2) is 4.98 Å². The monoisotopic (exact) mass is 246 g/mol. The Hall–Kier alpha value is -0.830. The third-order valence-corrected chi connectivity index (χ3v) is 5.56. The van der Waals surface area contributed by atoms with E-state index in [0.29, 0.717) is 12.5 Å². The highest BCUT2D eigenvalue weighted by Gasteiger charge is 2.50. The van der Waals surface area contributed by atoms with Gasteiger partial charge in [0.1, 0.15) is 5.76 Å². The summed E-state index contributed by atoms with van der Waals surface area (Å²) in [5.74, 6) is 6.13. The quantitative estimate of drug-likeness (QED) is 0.872. The number of rotatable bonds is 2. The minimum absolute atomic E-state index is 0.499. The molecule has 5 rings (SSSR count). The van der Waals surface area contributed by atoms with Crippen molar-refractivity contribution >= 4 is 0 Å². The first-order valence-corrected chi connectivity index (χ1v) is 7.41. The maximum Gasteiger partial charge on any atom is 0.191 e. The normalized spacial score (nSPS) is 41.6. The first-order valence-electron chi connectivity index (χ1n) is 7.41. The van der Waals surface area contributed by atoms with E-state index in [1.807, 2.05) is 6.92 Å². The average molecular weight is 246 g/mol. The summed E-state index contributed by atoms with van der Waals surface area (Å²) in [4.78, 5) is 4.68. The zero-order valence-corrected chi connectivity index (χ0v) is 11.1. The fourth-order valence-corrected chi connectivity index (χ4v) is 5.26. The Morgan fingerprint density at radius 2 is 1.72 bits per heavy atom. The summed E-state index contributed by atoms with van der Waals surface area (Å²) in [7, 11) is 0. The lowest BCUT2D eigenvalue weighted by Crippen LogP contribution is -2.44. The maximum absolute atomic E-state index is 5.82. The molecule has 0 spiro atoms. The summed E-state index contributed by atoms with van der Waals surface area (Å²) in [5, 5.41) is 0. The van der Waals surface area contributed by atoms with E-state index in [2.05, 4.69) is 4.98 Å². The van der Waals surface area contributed by atoms with Crippen molar-refractivity contribution in [3.05, 3.63) is 17.3 Å². The van der Waals surface area contributed by atoms with E-state index in [0.717, 1.165) is 35.3 Å². The van der Waals surface area contributed by atoms with Gasteiger partial charge in [0.05, 0.1) is 12.2 Å². The number of nitrogens with zero attached hydrogens (tertiary/aromatic N) is 1. The minimum atomic E-state index is 0.499. The van der Waals surface area contributed by atoms with Crippen LogP contribution in [0.4, 0.5) is 0 Å². The zero-order chi connectivity index (χ0) is 12.3. The van der Waals surface area contributed by atoms with Gasteiger partial charge in [0, 0.05) is 12.8 Å². The summed E-state index contributed by atoms with van der Waals surface area (Å²) in [6, 6.07) is 0. The van der Waals surface area contributed by atoms with Crippen LogP contribution in [-0.4, -0.2) is 4.98 Å². The Morgan fingerprint density at radius 3 is 2.28 bits per heavy atom. The van der Waals surface area contributed by atoms with E-state index < -0.39 is 0 Å². The largest absolute Gasteiger partial charge is 0.444 e. The number of aryl methyl sites for hydroxylation is 1. The Labute approximate surface area is 108 Å². The van der Waals surface area contributed by atoms with E-state index in [-0.39, 0.29) is 0 Å². The van der Waals surface area contributed by atoms with Crippen LogP contribution in [0, 0.1) is 30.6 Å². The highest BCUT2D eigenvalue weighted by atomic mass is 16.4. The topological polar surface area (TPSA) is 52.0 Å². The highest BCUT2D eigenvalue weighted by Crippen LogP contribution is 2.59. The van der Waals surface area contributed by atoms with Gasteiger partial charge in [-0.2, -0.15) is 0 Å². The van der Waals surface area contributed by atoms with Gasteiger partial charge in [-0.3, -0.25) is 0 Å². The Balaban J connectivity index is 1.72.